The predicted octanol–water partition coefficient (Wildman–Crippen LogP) is 1.82. The lowest BCUT2D eigenvalue weighted by molar-refractivity contribution is -0.137. The van der Waals surface area contributed by atoms with Gasteiger partial charge in [0.15, 0.2) is 0 Å². The molecule has 0 spiro atoms. The quantitative estimate of drug-likeness (QED) is 0.619. The number of carbonyl (C=O) groups is 2. The van der Waals surface area contributed by atoms with Crippen LogP contribution < -0.4 is 10.6 Å². The average Bonchev–Trinajstić information content (AvgIpc) is 2.76. The van der Waals surface area contributed by atoms with Crippen LogP contribution in [0.15, 0.2) is 0 Å². The van der Waals surface area contributed by atoms with Crippen LogP contribution >= 0.6 is 11.8 Å². The van der Waals surface area contributed by atoms with E-state index in [1.807, 2.05) is 11.8 Å². The van der Waals surface area contributed by atoms with E-state index in [0.717, 1.165) is 12.8 Å². The lowest BCUT2D eigenvalue weighted by Crippen LogP contribution is -2.41. The van der Waals surface area contributed by atoms with Gasteiger partial charge in [-0.1, -0.05) is 0 Å². The highest BCUT2D eigenvalue weighted by molar-refractivity contribution is 7.99. The molecule has 18 heavy (non-hydrogen) atoms. The van der Waals surface area contributed by atoms with Crippen molar-refractivity contribution < 1.29 is 14.7 Å². The van der Waals surface area contributed by atoms with Crippen LogP contribution in [-0.2, 0) is 4.79 Å². The van der Waals surface area contributed by atoms with Gasteiger partial charge in [-0.15, -0.1) is 0 Å². The molecular formula is C12H22N2O3S. The van der Waals surface area contributed by atoms with Gasteiger partial charge in [0.1, 0.15) is 0 Å². The normalized spacial score (nSPS) is 22.7. The molecule has 1 rings (SSSR count). The zero-order chi connectivity index (χ0) is 13.4. The van der Waals surface area contributed by atoms with Gasteiger partial charge >= 0.3 is 12.0 Å². The summed E-state index contributed by atoms with van der Waals surface area (Å²) < 4.78 is 0. The van der Waals surface area contributed by atoms with E-state index in [4.69, 9.17) is 5.11 Å². The number of nitrogens with one attached hydrogen (secondary N) is 2. The minimum atomic E-state index is -0.784. The van der Waals surface area contributed by atoms with E-state index in [-0.39, 0.29) is 12.5 Å². The molecule has 0 aromatic heterocycles. The number of hydrogen-bond donors (Lipinski definition) is 3. The van der Waals surface area contributed by atoms with Crippen LogP contribution in [-0.4, -0.2) is 41.2 Å². The number of unbranched alkanes of at least 4 members (excludes halogenated alkanes) is 1. The summed E-state index contributed by atoms with van der Waals surface area (Å²) in [5.41, 5.74) is 0. The summed E-state index contributed by atoms with van der Waals surface area (Å²) in [6.45, 7) is 0.539. The molecule has 0 aliphatic heterocycles. The van der Waals surface area contributed by atoms with E-state index < -0.39 is 5.97 Å². The van der Waals surface area contributed by atoms with E-state index in [2.05, 4.69) is 16.9 Å². The Morgan fingerprint density at radius 1 is 1.33 bits per heavy atom. The summed E-state index contributed by atoms with van der Waals surface area (Å²) in [5.74, 6) is -0.784. The monoisotopic (exact) mass is 274 g/mol. The van der Waals surface area contributed by atoms with Crippen molar-refractivity contribution in [1.82, 2.24) is 10.6 Å². The van der Waals surface area contributed by atoms with E-state index in [1.54, 1.807) is 0 Å². The number of aliphatic carboxylic acids is 1. The standard InChI is InChI=1S/C12H22N2O3S/c1-18-10-6-5-9(8-10)14-12(17)13-7-3-2-4-11(15)16/h9-10H,2-8H2,1H3,(H,15,16)(H2,13,14,17). The fourth-order valence-electron chi connectivity index (χ4n) is 2.12. The molecule has 1 aliphatic rings. The maximum absolute atomic E-state index is 11.5. The van der Waals surface area contributed by atoms with Crippen molar-refractivity contribution in [3.05, 3.63) is 0 Å². The number of thioether (sulfide) groups is 1. The van der Waals surface area contributed by atoms with Crippen molar-refractivity contribution in [2.45, 2.75) is 49.8 Å². The third-order valence-corrected chi connectivity index (χ3v) is 4.25. The molecule has 2 amide bonds. The van der Waals surface area contributed by atoms with Crippen LogP contribution in [0.25, 0.3) is 0 Å². The summed E-state index contributed by atoms with van der Waals surface area (Å²) in [5, 5.41) is 14.9. The molecule has 2 atom stereocenters. The topological polar surface area (TPSA) is 78.4 Å². The number of hydrogen-bond acceptors (Lipinski definition) is 3. The van der Waals surface area contributed by atoms with Crippen molar-refractivity contribution in [3.63, 3.8) is 0 Å². The van der Waals surface area contributed by atoms with Gasteiger partial charge < -0.3 is 15.7 Å². The average molecular weight is 274 g/mol. The molecule has 6 heteroatoms. The molecule has 5 nitrogen and oxygen atoms in total. The lowest BCUT2D eigenvalue weighted by atomic mass is 10.2. The molecule has 0 aromatic rings. The van der Waals surface area contributed by atoms with E-state index >= 15 is 0 Å². The molecular weight excluding hydrogens is 252 g/mol. The Morgan fingerprint density at radius 3 is 2.72 bits per heavy atom. The first-order chi connectivity index (χ1) is 8.61. The molecule has 2 unspecified atom stereocenters. The lowest BCUT2D eigenvalue weighted by Gasteiger charge is -2.13. The molecule has 0 aromatic carbocycles. The van der Waals surface area contributed by atoms with Gasteiger partial charge in [0, 0.05) is 24.3 Å². The number of amides is 2. The van der Waals surface area contributed by atoms with Crippen LogP contribution in [0.4, 0.5) is 4.79 Å². The largest absolute Gasteiger partial charge is 0.481 e. The molecule has 0 radical (unpaired) electrons. The third kappa shape index (κ3) is 6.14. The first-order valence-electron chi connectivity index (χ1n) is 6.40. The molecule has 1 fully saturated rings. The second kappa shape index (κ2) is 8.24. The highest BCUT2D eigenvalue weighted by Crippen LogP contribution is 2.27. The van der Waals surface area contributed by atoms with Crippen molar-refractivity contribution >= 4 is 23.8 Å². The molecule has 0 saturated heterocycles. The second-order valence-corrected chi connectivity index (χ2v) is 5.76. The Hall–Kier alpha value is -0.910. The minimum absolute atomic E-state index is 0.128. The fourth-order valence-corrected chi connectivity index (χ4v) is 2.92. The van der Waals surface area contributed by atoms with Crippen molar-refractivity contribution in [2.75, 3.05) is 12.8 Å². The highest BCUT2D eigenvalue weighted by atomic mass is 32.2. The van der Waals surface area contributed by atoms with E-state index in [1.165, 1.54) is 6.42 Å². The maximum Gasteiger partial charge on any atom is 0.315 e. The fraction of sp³-hybridized carbons (Fsp3) is 0.833. The van der Waals surface area contributed by atoms with Crippen LogP contribution in [0, 0.1) is 0 Å². The van der Waals surface area contributed by atoms with Crippen molar-refractivity contribution in [1.29, 1.82) is 0 Å². The third-order valence-electron chi connectivity index (χ3n) is 3.16. The Bertz CT molecular complexity index is 286. The molecule has 3 N–H and O–H groups in total. The van der Waals surface area contributed by atoms with E-state index in [9.17, 15) is 9.59 Å². The highest BCUT2D eigenvalue weighted by Gasteiger charge is 2.24. The summed E-state index contributed by atoms with van der Waals surface area (Å²) in [7, 11) is 0. The Kier molecular flexibility index (Phi) is 6.93. The minimum Gasteiger partial charge on any atom is -0.481 e. The van der Waals surface area contributed by atoms with Crippen LogP contribution in [0.3, 0.4) is 0 Å². The van der Waals surface area contributed by atoms with Gasteiger partial charge in [-0.25, -0.2) is 4.79 Å². The van der Waals surface area contributed by atoms with Gasteiger partial charge in [0.05, 0.1) is 0 Å². The van der Waals surface area contributed by atoms with Crippen molar-refractivity contribution in [3.8, 4) is 0 Å². The SMILES string of the molecule is CSC1CCC(NC(=O)NCCCCC(=O)O)C1. The van der Waals surface area contributed by atoms with Crippen LogP contribution in [0.5, 0.6) is 0 Å². The van der Waals surface area contributed by atoms with Gasteiger partial charge in [0.2, 0.25) is 0 Å². The maximum atomic E-state index is 11.5. The number of carbonyl (C=O) groups excluding carboxylic acids is 1. The smallest absolute Gasteiger partial charge is 0.315 e. The first-order valence-corrected chi connectivity index (χ1v) is 7.69. The van der Waals surface area contributed by atoms with Gasteiger partial charge in [-0.3, -0.25) is 4.79 Å². The molecule has 1 aliphatic carbocycles. The zero-order valence-corrected chi connectivity index (χ0v) is 11.6. The molecule has 0 bridgehead atoms. The molecule has 104 valence electrons. The first kappa shape index (κ1) is 15.1. The Labute approximate surface area is 112 Å². The van der Waals surface area contributed by atoms with Gasteiger partial charge in [0.25, 0.3) is 0 Å². The summed E-state index contributed by atoms with van der Waals surface area (Å²) >= 11 is 1.86. The van der Waals surface area contributed by atoms with Crippen molar-refractivity contribution in [2.24, 2.45) is 0 Å². The van der Waals surface area contributed by atoms with Gasteiger partial charge in [-0.05, 0) is 38.4 Å². The number of rotatable bonds is 7. The number of urea groups is 1. The number of carboxylic acid groups (broad SMARTS) is 1. The second-order valence-electron chi connectivity index (χ2n) is 4.62. The van der Waals surface area contributed by atoms with E-state index in [0.29, 0.717) is 30.7 Å². The Balaban J connectivity index is 2.02. The summed E-state index contributed by atoms with van der Waals surface area (Å²) in [6.07, 6.45) is 6.86. The summed E-state index contributed by atoms with van der Waals surface area (Å²) in [6, 6.07) is 0.165. The Morgan fingerprint density at radius 2 is 2.11 bits per heavy atom. The predicted molar refractivity (Wildman–Crippen MR) is 73.0 cm³/mol. The molecule has 0 heterocycles. The van der Waals surface area contributed by atoms with Crippen LogP contribution in [0.2, 0.25) is 0 Å². The molecule has 1 saturated carbocycles. The zero-order valence-electron chi connectivity index (χ0n) is 10.8. The van der Waals surface area contributed by atoms with Crippen LogP contribution in [0.1, 0.15) is 38.5 Å². The number of carboxylic acids is 1. The van der Waals surface area contributed by atoms with Gasteiger partial charge in [-0.2, -0.15) is 11.8 Å². The summed E-state index contributed by atoms with van der Waals surface area (Å²) in [4.78, 5) is 21.8.